The minimum atomic E-state index is -0.222. The van der Waals surface area contributed by atoms with E-state index in [-0.39, 0.29) is 5.71 Å². The van der Waals surface area contributed by atoms with E-state index in [9.17, 15) is 0 Å². The van der Waals surface area contributed by atoms with Gasteiger partial charge in [0, 0.05) is 20.1 Å². The summed E-state index contributed by atoms with van der Waals surface area (Å²) in [5.41, 5.74) is 3.07. The molecule has 19 heavy (non-hydrogen) atoms. The third-order valence-electron chi connectivity index (χ3n) is 2.12. The topological polar surface area (TPSA) is 90.4 Å². The summed E-state index contributed by atoms with van der Waals surface area (Å²) in [4.78, 5) is 0. The van der Waals surface area contributed by atoms with Crippen molar-refractivity contribution in [3.63, 3.8) is 0 Å². The molecule has 1 rings (SSSR count). The van der Waals surface area contributed by atoms with E-state index in [4.69, 9.17) is 20.0 Å². The number of hydrogen-bond donors (Lipinski definition) is 1. The molecular weight excluding hydrogens is 244 g/mol. The fourth-order valence-corrected chi connectivity index (χ4v) is 1.21. The number of nitrogens with one attached hydrogen (secondary N) is 1. The second-order valence-electron chi connectivity index (χ2n) is 3.52. The molecule has 0 amide bonds. The summed E-state index contributed by atoms with van der Waals surface area (Å²) in [6, 6.07) is 10.4. The largest absolute Gasteiger partial charge is 0.494 e. The van der Waals surface area contributed by atoms with Crippen LogP contribution in [0.4, 0.5) is 5.69 Å². The first-order valence-corrected chi connectivity index (χ1v) is 5.66. The van der Waals surface area contributed by atoms with Crippen LogP contribution in [0.2, 0.25) is 0 Å². The smallest absolute Gasteiger partial charge is 0.237 e. The van der Waals surface area contributed by atoms with Gasteiger partial charge >= 0.3 is 0 Å². The average Bonchev–Trinajstić information content (AvgIpc) is 2.46. The monoisotopic (exact) mass is 258 g/mol. The van der Waals surface area contributed by atoms with Gasteiger partial charge in [-0.25, -0.2) is 0 Å². The second kappa shape index (κ2) is 8.51. The molecule has 0 aliphatic rings. The van der Waals surface area contributed by atoms with Crippen LogP contribution in [0, 0.1) is 22.7 Å². The van der Waals surface area contributed by atoms with Gasteiger partial charge in [-0.2, -0.15) is 15.6 Å². The number of benzene rings is 1. The summed E-state index contributed by atoms with van der Waals surface area (Å²) in [5, 5.41) is 20.7. The second-order valence-corrected chi connectivity index (χ2v) is 3.52. The summed E-state index contributed by atoms with van der Waals surface area (Å²) in [6.45, 7) is 1.26. The maximum atomic E-state index is 8.52. The van der Waals surface area contributed by atoms with Crippen LogP contribution < -0.4 is 10.2 Å². The molecule has 0 radical (unpaired) electrons. The van der Waals surface area contributed by atoms with Crippen LogP contribution in [0.15, 0.2) is 29.4 Å². The number of nitriles is 2. The van der Waals surface area contributed by atoms with Crippen LogP contribution >= 0.6 is 0 Å². The van der Waals surface area contributed by atoms with Gasteiger partial charge in [0.2, 0.25) is 5.71 Å². The van der Waals surface area contributed by atoms with E-state index in [1.807, 2.05) is 0 Å². The molecule has 98 valence electrons. The van der Waals surface area contributed by atoms with Crippen LogP contribution in [-0.2, 0) is 4.74 Å². The molecule has 6 heteroatoms. The van der Waals surface area contributed by atoms with Crippen LogP contribution in [0.1, 0.15) is 6.42 Å². The molecule has 6 nitrogen and oxygen atoms in total. The van der Waals surface area contributed by atoms with Gasteiger partial charge in [0.15, 0.2) is 0 Å². The SMILES string of the molecule is COCCCOc1ccc(NN=C(C#N)C#N)cc1. The van der Waals surface area contributed by atoms with Gasteiger partial charge in [-0.15, -0.1) is 0 Å². The molecule has 0 fully saturated rings. The Morgan fingerprint density at radius 3 is 2.47 bits per heavy atom. The van der Waals surface area contributed by atoms with Gasteiger partial charge in [0.05, 0.1) is 12.3 Å². The summed E-state index contributed by atoms with van der Waals surface area (Å²) >= 11 is 0. The van der Waals surface area contributed by atoms with Crippen molar-refractivity contribution in [1.29, 1.82) is 10.5 Å². The van der Waals surface area contributed by atoms with E-state index in [1.54, 1.807) is 43.5 Å². The molecule has 0 unspecified atom stereocenters. The maximum absolute atomic E-state index is 8.52. The quantitative estimate of drug-likeness (QED) is 0.458. The Kier molecular flexibility index (Phi) is 6.49. The lowest BCUT2D eigenvalue weighted by molar-refractivity contribution is 0.172. The number of ether oxygens (including phenoxy) is 2. The molecule has 1 aromatic rings. The van der Waals surface area contributed by atoms with Gasteiger partial charge in [-0.3, -0.25) is 5.43 Å². The highest BCUT2D eigenvalue weighted by molar-refractivity contribution is 6.10. The minimum Gasteiger partial charge on any atom is -0.494 e. The third-order valence-corrected chi connectivity index (χ3v) is 2.12. The first kappa shape index (κ1) is 14.5. The predicted octanol–water partition coefficient (Wildman–Crippen LogP) is 1.92. The lowest BCUT2D eigenvalue weighted by Gasteiger charge is -2.06. The number of anilines is 1. The van der Waals surface area contributed by atoms with Gasteiger partial charge in [0.25, 0.3) is 0 Å². The number of methoxy groups -OCH3 is 1. The Morgan fingerprint density at radius 1 is 1.21 bits per heavy atom. The van der Waals surface area contributed by atoms with Gasteiger partial charge in [-0.05, 0) is 24.3 Å². The Bertz CT molecular complexity index is 481. The van der Waals surface area contributed by atoms with Gasteiger partial charge in [0.1, 0.15) is 17.9 Å². The molecule has 0 aliphatic heterocycles. The first-order valence-electron chi connectivity index (χ1n) is 5.66. The van der Waals surface area contributed by atoms with E-state index in [0.717, 1.165) is 12.2 Å². The van der Waals surface area contributed by atoms with E-state index in [2.05, 4.69) is 10.5 Å². The van der Waals surface area contributed by atoms with E-state index in [0.29, 0.717) is 18.9 Å². The van der Waals surface area contributed by atoms with Crippen molar-refractivity contribution in [3.8, 4) is 17.9 Å². The van der Waals surface area contributed by atoms with Gasteiger partial charge < -0.3 is 9.47 Å². The van der Waals surface area contributed by atoms with Crippen molar-refractivity contribution in [3.05, 3.63) is 24.3 Å². The molecule has 1 N–H and O–H groups in total. The van der Waals surface area contributed by atoms with Crippen molar-refractivity contribution in [2.24, 2.45) is 5.10 Å². The lowest BCUT2D eigenvalue weighted by atomic mass is 10.3. The summed E-state index contributed by atoms with van der Waals surface area (Å²) < 4.78 is 10.4. The Balaban J connectivity index is 2.46. The Labute approximate surface area is 111 Å². The summed E-state index contributed by atoms with van der Waals surface area (Å²) in [6.07, 6.45) is 0.828. The molecule has 0 aromatic heterocycles. The molecule has 0 saturated carbocycles. The van der Waals surface area contributed by atoms with Crippen LogP contribution in [0.3, 0.4) is 0 Å². The maximum Gasteiger partial charge on any atom is 0.237 e. The van der Waals surface area contributed by atoms with E-state index < -0.39 is 0 Å². The molecule has 0 spiro atoms. The first-order chi connectivity index (χ1) is 9.30. The molecule has 0 heterocycles. The average molecular weight is 258 g/mol. The predicted molar refractivity (Wildman–Crippen MR) is 70.7 cm³/mol. The van der Waals surface area contributed by atoms with Crippen LogP contribution in [0.5, 0.6) is 5.75 Å². The number of rotatable bonds is 7. The molecule has 0 aliphatic carbocycles. The summed E-state index contributed by atoms with van der Waals surface area (Å²) in [5.74, 6) is 0.742. The number of hydrazone groups is 1. The number of hydrogen-bond acceptors (Lipinski definition) is 6. The van der Waals surface area contributed by atoms with Gasteiger partial charge in [-0.1, -0.05) is 0 Å². The molecule has 0 atom stereocenters. The fourth-order valence-electron chi connectivity index (χ4n) is 1.21. The molecule has 0 bridgehead atoms. The van der Waals surface area contributed by atoms with Crippen LogP contribution in [-0.4, -0.2) is 26.0 Å². The normalized spacial score (nSPS) is 9.00. The summed E-state index contributed by atoms with van der Waals surface area (Å²) in [7, 11) is 1.65. The lowest BCUT2D eigenvalue weighted by Crippen LogP contribution is -2.01. The zero-order chi connectivity index (χ0) is 13.9. The van der Waals surface area contributed by atoms with Crippen LogP contribution in [0.25, 0.3) is 0 Å². The Hall–Kier alpha value is -2.57. The number of nitrogens with zero attached hydrogens (tertiary/aromatic N) is 3. The van der Waals surface area contributed by atoms with Crippen molar-refractivity contribution in [2.75, 3.05) is 25.7 Å². The van der Waals surface area contributed by atoms with E-state index in [1.165, 1.54) is 0 Å². The minimum absolute atomic E-state index is 0.222. The van der Waals surface area contributed by atoms with Crippen molar-refractivity contribution >= 4 is 11.4 Å². The van der Waals surface area contributed by atoms with Crippen molar-refractivity contribution in [2.45, 2.75) is 6.42 Å². The molecular formula is C13H14N4O2. The molecule has 0 saturated heterocycles. The zero-order valence-corrected chi connectivity index (χ0v) is 10.6. The highest BCUT2D eigenvalue weighted by atomic mass is 16.5. The van der Waals surface area contributed by atoms with Crippen molar-refractivity contribution < 1.29 is 9.47 Å². The Morgan fingerprint density at radius 2 is 1.89 bits per heavy atom. The highest BCUT2D eigenvalue weighted by Crippen LogP contribution is 2.15. The standard InChI is InChI=1S/C13H14N4O2/c1-18-7-2-8-19-13-5-3-11(4-6-13)16-17-12(9-14)10-15/h3-6,16H,2,7-8H2,1H3. The van der Waals surface area contributed by atoms with Crippen molar-refractivity contribution in [1.82, 2.24) is 0 Å². The molecule has 1 aromatic carbocycles. The highest BCUT2D eigenvalue weighted by Gasteiger charge is 1.96. The van der Waals surface area contributed by atoms with E-state index >= 15 is 0 Å². The zero-order valence-electron chi connectivity index (χ0n) is 10.6. The third kappa shape index (κ3) is 5.53. The fraction of sp³-hybridized carbons (Fsp3) is 0.308.